The molecule has 5 heteroatoms. The van der Waals surface area contributed by atoms with E-state index in [1.54, 1.807) is 18.9 Å². The molecule has 3 aromatic rings. The van der Waals surface area contributed by atoms with Gasteiger partial charge in [-0.1, -0.05) is 30.0 Å². The molecule has 0 fully saturated rings. The fraction of sp³-hybridized carbons (Fsp3) is 0.0625. The van der Waals surface area contributed by atoms with Crippen LogP contribution in [-0.4, -0.2) is 13.0 Å². The molecule has 3 rings (SSSR count). The van der Waals surface area contributed by atoms with Gasteiger partial charge in [0.15, 0.2) is 0 Å². The topological polar surface area (TPSA) is 52.3 Å². The lowest BCUT2D eigenvalue weighted by Crippen LogP contribution is -2.09. The van der Waals surface area contributed by atoms with E-state index >= 15 is 0 Å². The molecule has 0 aliphatic heterocycles. The van der Waals surface area contributed by atoms with E-state index in [0.29, 0.717) is 4.88 Å². The van der Waals surface area contributed by atoms with E-state index in [0.717, 1.165) is 25.6 Å². The zero-order chi connectivity index (χ0) is 14.8. The number of amides is 1. The van der Waals surface area contributed by atoms with E-state index in [2.05, 4.69) is 0 Å². The number of thiophene rings is 1. The van der Waals surface area contributed by atoms with E-state index in [-0.39, 0.29) is 0 Å². The molecule has 106 valence electrons. The zero-order valence-electron chi connectivity index (χ0n) is 11.3. The number of rotatable bonds is 4. The van der Waals surface area contributed by atoms with Crippen molar-refractivity contribution in [2.45, 2.75) is 9.79 Å². The lowest BCUT2D eigenvalue weighted by molar-refractivity contribution is 0.100. The minimum atomic E-state index is -0.395. The monoisotopic (exact) mass is 315 g/mol. The summed E-state index contributed by atoms with van der Waals surface area (Å²) in [5, 5.41) is 1.00. The van der Waals surface area contributed by atoms with Crippen LogP contribution < -0.4 is 10.5 Å². The van der Waals surface area contributed by atoms with Gasteiger partial charge >= 0.3 is 0 Å². The van der Waals surface area contributed by atoms with Crippen molar-refractivity contribution in [3.8, 4) is 5.75 Å². The lowest BCUT2D eigenvalue weighted by Gasteiger charge is -2.04. The van der Waals surface area contributed by atoms with Crippen molar-refractivity contribution < 1.29 is 9.53 Å². The average molecular weight is 315 g/mol. The Morgan fingerprint density at radius 3 is 2.62 bits per heavy atom. The first-order valence-corrected chi connectivity index (χ1v) is 7.95. The number of nitrogens with two attached hydrogens (primary N) is 1. The Morgan fingerprint density at radius 2 is 1.95 bits per heavy atom. The summed E-state index contributed by atoms with van der Waals surface area (Å²) in [6.07, 6.45) is 0. The number of carbonyl (C=O) groups excluding carboxylic acids is 1. The Labute approximate surface area is 130 Å². The second-order valence-electron chi connectivity index (χ2n) is 4.40. The minimum absolute atomic E-state index is 0.395. The van der Waals surface area contributed by atoms with Crippen LogP contribution in [0.5, 0.6) is 5.75 Å². The highest BCUT2D eigenvalue weighted by Gasteiger charge is 2.18. The van der Waals surface area contributed by atoms with Crippen molar-refractivity contribution in [2.24, 2.45) is 5.73 Å². The maximum atomic E-state index is 11.7. The molecule has 1 aromatic heterocycles. The molecule has 0 aliphatic rings. The standard InChI is InChI=1S/C16H13NO2S2/c1-19-10-7-8-13-12(9-10)14(15(21-13)16(17)18)20-11-5-3-2-4-6-11/h2-9H,1H3,(H2,17,18). The van der Waals surface area contributed by atoms with Crippen LogP contribution in [0, 0.1) is 0 Å². The van der Waals surface area contributed by atoms with Gasteiger partial charge in [0, 0.05) is 19.9 Å². The number of ether oxygens (including phenoxy) is 1. The number of hydrogen-bond acceptors (Lipinski definition) is 4. The molecule has 0 spiro atoms. The quantitative estimate of drug-likeness (QED) is 0.786. The van der Waals surface area contributed by atoms with Crippen LogP contribution in [0.3, 0.4) is 0 Å². The van der Waals surface area contributed by atoms with Crippen LogP contribution in [-0.2, 0) is 0 Å². The molecule has 0 saturated heterocycles. The van der Waals surface area contributed by atoms with Gasteiger partial charge in [-0.2, -0.15) is 0 Å². The van der Waals surface area contributed by atoms with Crippen LogP contribution in [0.25, 0.3) is 10.1 Å². The molecule has 0 aliphatic carbocycles. The minimum Gasteiger partial charge on any atom is -0.497 e. The van der Waals surface area contributed by atoms with Gasteiger partial charge in [0.25, 0.3) is 5.91 Å². The van der Waals surface area contributed by atoms with E-state index in [9.17, 15) is 4.79 Å². The van der Waals surface area contributed by atoms with Gasteiger partial charge in [-0.05, 0) is 30.3 Å². The average Bonchev–Trinajstić information content (AvgIpc) is 2.86. The molecule has 3 nitrogen and oxygen atoms in total. The van der Waals surface area contributed by atoms with Crippen LogP contribution >= 0.6 is 23.1 Å². The molecule has 0 radical (unpaired) electrons. The van der Waals surface area contributed by atoms with Crippen LogP contribution in [0.1, 0.15) is 9.67 Å². The molecule has 21 heavy (non-hydrogen) atoms. The third kappa shape index (κ3) is 2.75. The fourth-order valence-corrected chi connectivity index (χ4v) is 4.30. The molecule has 2 N–H and O–H groups in total. The summed E-state index contributed by atoms with van der Waals surface area (Å²) in [6.45, 7) is 0. The van der Waals surface area contributed by atoms with Crippen LogP contribution in [0.15, 0.2) is 58.3 Å². The molecular formula is C16H13NO2S2. The summed E-state index contributed by atoms with van der Waals surface area (Å²) >= 11 is 2.97. The van der Waals surface area contributed by atoms with Gasteiger partial charge in [-0.15, -0.1) is 11.3 Å². The Hall–Kier alpha value is -1.98. The Morgan fingerprint density at radius 1 is 1.19 bits per heavy atom. The Kier molecular flexibility index (Phi) is 3.86. The number of hydrogen-bond donors (Lipinski definition) is 1. The van der Waals surface area contributed by atoms with Crippen molar-refractivity contribution >= 4 is 39.1 Å². The highest BCUT2D eigenvalue weighted by Crippen LogP contribution is 2.42. The SMILES string of the molecule is COc1ccc2sc(C(N)=O)c(Sc3ccccc3)c2c1. The Balaban J connectivity index is 2.17. The molecule has 2 aromatic carbocycles. The van der Waals surface area contributed by atoms with Crippen molar-refractivity contribution in [3.63, 3.8) is 0 Å². The summed E-state index contributed by atoms with van der Waals surface area (Å²) in [5.74, 6) is 0.375. The smallest absolute Gasteiger partial charge is 0.259 e. The van der Waals surface area contributed by atoms with Gasteiger partial charge in [0.1, 0.15) is 10.6 Å². The van der Waals surface area contributed by atoms with E-state index < -0.39 is 5.91 Å². The number of carbonyl (C=O) groups is 1. The third-order valence-electron chi connectivity index (χ3n) is 3.04. The molecule has 1 amide bonds. The maximum Gasteiger partial charge on any atom is 0.259 e. The largest absolute Gasteiger partial charge is 0.497 e. The number of methoxy groups -OCH3 is 1. The van der Waals surface area contributed by atoms with Crippen molar-refractivity contribution in [1.29, 1.82) is 0 Å². The molecule has 1 heterocycles. The van der Waals surface area contributed by atoms with E-state index in [1.165, 1.54) is 11.3 Å². The second kappa shape index (κ2) is 5.79. The Bertz CT molecular complexity index is 797. The van der Waals surface area contributed by atoms with Gasteiger partial charge in [-0.25, -0.2) is 0 Å². The number of primary amides is 1. The van der Waals surface area contributed by atoms with Crippen molar-refractivity contribution in [3.05, 3.63) is 53.4 Å². The number of benzene rings is 2. The lowest BCUT2D eigenvalue weighted by atomic mass is 10.2. The highest BCUT2D eigenvalue weighted by molar-refractivity contribution is 7.99. The van der Waals surface area contributed by atoms with Gasteiger partial charge < -0.3 is 10.5 Å². The first-order chi connectivity index (χ1) is 10.2. The normalized spacial score (nSPS) is 10.7. The molecule has 0 saturated carbocycles. The molecule has 0 bridgehead atoms. The highest BCUT2D eigenvalue weighted by atomic mass is 32.2. The predicted octanol–water partition coefficient (Wildman–Crippen LogP) is 4.16. The van der Waals surface area contributed by atoms with Crippen LogP contribution in [0.2, 0.25) is 0 Å². The third-order valence-corrected chi connectivity index (χ3v) is 5.49. The van der Waals surface area contributed by atoms with Crippen molar-refractivity contribution in [2.75, 3.05) is 7.11 Å². The molecule has 0 atom stereocenters. The summed E-state index contributed by atoms with van der Waals surface area (Å²) < 4.78 is 6.31. The summed E-state index contributed by atoms with van der Waals surface area (Å²) in [6, 6.07) is 15.7. The fourth-order valence-electron chi connectivity index (χ4n) is 2.05. The zero-order valence-corrected chi connectivity index (χ0v) is 13.0. The number of fused-ring (bicyclic) bond motifs is 1. The second-order valence-corrected chi connectivity index (χ2v) is 6.54. The van der Waals surface area contributed by atoms with Gasteiger partial charge in [0.2, 0.25) is 0 Å². The van der Waals surface area contributed by atoms with E-state index in [4.69, 9.17) is 10.5 Å². The van der Waals surface area contributed by atoms with E-state index in [1.807, 2.05) is 48.5 Å². The summed E-state index contributed by atoms with van der Waals surface area (Å²) in [4.78, 5) is 14.3. The van der Waals surface area contributed by atoms with Crippen LogP contribution in [0.4, 0.5) is 0 Å². The maximum absolute atomic E-state index is 11.7. The summed E-state index contributed by atoms with van der Waals surface area (Å²) in [7, 11) is 1.63. The predicted molar refractivity (Wildman–Crippen MR) is 87.5 cm³/mol. The molecule has 0 unspecified atom stereocenters. The first kappa shape index (κ1) is 14.0. The van der Waals surface area contributed by atoms with Crippen molar-refractivity contribution in [1.82, 2.24) is 0 Å². The van der Waals surface area contributed by atoms with Gasteiger partial charge in [0.05, 0.1) is 7.11 Å². The van der Waals surface area contributed by atoms with Gasteiger partial charge in [-0.3, -0.25) is 4.79 Å². The summed E-state index contributed by atoms with van der Waals surface area (Å²) in [5.41, 5.74) is 5.53. The first-order valence-electron chi connectivity index (χ1n) is 6.32. The molecular weight excluding hydrogens is 302 g/mol.